The molecule has 4 nitrogen and oxygen atoms in total. The first kappa shape index (κ1) is 11.7. The van der Waals surface area contributed by atoms with Crippen molar-refractivity contribution in [1.82, 2.24) is 0 Å². The lowest BCUT2D eigenvalue weighted by atomic mass is 10.1. The first-order valence-corrected chi connectivity index (χ1v) is 5.43. The van der Waals surface area contributed by atoms with Crippen molar-refractivity contribution in [3.05, 3.63) is 39.7 Å². The molecule has 0 bridgehead atoms. The molecule has 4 heteroatoms. The van der Waals surface area contributed by atoms with Gasteiger partial charge in [-0.1, -0.05) is 12.1 Å². The number of aromatic hydroxyl groups is 1. The molecule has 0 radical (unpaired) electrons. The van der Waals surface area contributed by atoms with E-state index in [1.807, 2.05) is 0 Å². The van der Waals surface area contributed by atoms with Crippen molar-refractivity contribution in [1.29, 1.82) is 0 Å². The third-order valence-electron chi connectivity index (χ3n) is 2.65. The van der Waals surface area contributed by atoms with Crippen LogP contribution in [0.15, 0.2) is 27.4 Å². The van der Waals surface area contributed by atoms with Gasteiger partial charge < -0.3 is 14.6 Å². The smallest absolute Gasteiger partial charge is 0.234 e. The van der Waals surface area contributed by atoms with Gasteiger partial charge in [-0.25, -0.2) is 0 Å². The molecule has 0 spiro atoms. The number of aliphatic hydroxyl groups excluding tert-OH is 1. The lowest BCUT2D eigenvalue weighted by molar-refractivity contribution is 0.185. The van der Waals surface area contributed by atoms with Crippen molar-refractivity contribution in [2.45, 2.75) is 26.4 Å². The maximum Gasteiger partial charge on any atom is 0.234 e. The van der Waals surface area contributed by atoms with Crippen LogP contribution < -0.4 is 5.43 Å². The van der Waals surface area contributed by atoms with Crippen molar-refractivity contribution in [3.63, 3.8) is 0 Å². The SMILES string of the molecule is Cc1cccc2oc(CC(C)O)c(O)c(=O)c12. The first-order chi connectivity index (χ1) is 8.00. The van der Waals surface area contributed by atoms with Gasteiger partial charge in [0.05, 0.1) is 11.5 Å². The second-order valence-electron chi connectivity index (χ2n) is 4.20. The predicted molar refractivity (Wildman–Crippen MR) is 64.3 cm³/mol. The molecule has 1 unspecified atom stereocenters. The number of fused-ring (bicyclic) bond motifs is 1. The van der Waals surface area contributed by atoms with Crippen LogP contribution >= 0.6 is 0 Å². The largest absolute Gasteiger partial charge is 0.502 e. The van der Waals surface area contributed by atoms with Crippen LogP contribution in [0.3, 0.4) is 0 Å². The van der Waals surface area contributed by atoms with E-state index in [4.69, 9.17) is 4.42 Å². The first-order valence-electron chi connectivity index (χ1n) is 5.43. The average molecular weight is 234 g/mol. The molecule has 0 aliphatic rings. The Morgan fingerprint density at radius 2 is 2.12 bits per heavy atom. The highest BCUT2D eigenvalue weighted by Gasteiger charge is 2.15. The summed E-state index contributed by atoms with van der Waals surface area (Å²) in [5, 5.41) is 19.4. The summed E-state index contributed by atoms with van der Waals surface area (Å²) >= 11 is 0. The van der Waals surface area contributed by atoms with Gasteiger partial charge in [0.25, 0.3) is 0 Å². The molecule has 90 valence electrons. The molecule has 0 aliphatic heterocycles. The van der Waals surface area contributed by atoms with Crippen molar-refractivity contribution < 1.29 is 14.6 Å². The van der Waals surface area contributed by atoms with Gasteiger partial charge in [0.2, 0.25) is 11.2 Å². The third-order valence-corrected chi connectivity index (χ3v) is 2.65. The average Bonchev–Trinajstić information content (AvgIpc) is 2.24. The normalized spacial score (nSPS) is 12.9. The monoisotopic (exact) mass is 234 g/mol. The van der Waals surface area contributed by atoms with Crippen molar-refractivity contribution in [2.24, 2.45) is 0 Å². The van der Waals surface area contributed by atoms with Crippen LogP contribution in [-0.4, -0.2) is 16.3 Å². The van der Waals surface area contributed by atoms with Gasteiger partial charge in [0.1, 0.15) is 5.58 Å². The molecule has 2 aromatic rings. The molecule has 1 aromatic carbocycles. The van der Waals surface area contributed by atoms with Gasteiger partial charge in [-0.2, -0.15) is 0 Å². The lowest BCUT2D eigenvalue weighted by Crippen LogP contribution is -2.10. The Bertz CT molecular complexity index is 611. The Balaban J connectivity index is 2.76. The zero-order chi connectivity index (χ0) is 12.6. The quantitative estimate of drug-likeness (QED) is 0.830. The number of benzene rings is 1. The standard InChI is InChI=1S/C13H14O4/c1-7-4-3-5-9-11(7)13(16)12(15)10(17-9)6-8(2)14/h3-5,8,14-15H,6H2,1-2H3. The van der Waals surface area contributed by atoms with E-state index in [0.29, 0.717) is 11.0 Å². The highest BCUT2D eigenvalue weighted by Crippen LogP contribution is 2.23. The van der Waals surface area contributed by atoms with E-state index in [-0.39, 0.29) is 12.2 Å². The molecular formula is C13H14O4. The summed E-state index contributed by atoms with van der Waals surface area (Å²) < 4.78 is 5.46. The Hall–Kier alpha value is -1.81. The molecule has 1 heterocycles. The molecule has 0 saturated carbocycles. The van der Waals surface area contributed by atoms with E-state index in [1.54, 1.807) is 32.0 Å². The van der Waals surface area contributed by atoms with Gasteiger partial charge in [-0.15, -0.1) is 0 Å². The Kier molecular flexibility index (Phi) is 2.90. The summed E-state index contributed by atoms with van der Waals surface area (Å²) in [6, 6.07) is 5.24. The van der Waals surface area contributed by atoms with Gasteiger partial charge in [0.15, 0.2) is 5.76 Å². The van der Waals surface area contributed by atoms with E-state index in [9.17, 15) is 15.0 Å². The Morgan fingerprint density at radius 3 is 2.76 bits per heavy atom. The van der Waals surface area contributed by atoms with Crippen molar-refractivity contribution in [2.75, 3.05) is 0 Å². The topological polar surface area (TPSA) is 70.7 Å². The molecule has 0 aliphatic carbocycles. The van der Waals surface area contributed by atoms with Crippen molar-refractivity contribution >= 4 is 11.0 Å². The van der Waals surface area contributed by atoms with E-state index < -0.39 is 17.3 Å². The highest BCUT2D eigenvalue weighted by molar-refractivity contribution is 5.81. The minimum atomic E-state index is -0.675. The second-order valence-corrected chi connectivity index (χ2v) is 4.20. The van der Waals surface area contributed by atoms with Gasteiger partial charge in [-0.05, 0) is 25.5 Å². The number of hydrogen-bond donors (Lipinski definition) is 2. The summed E-state index contributed by atoms with van der Waals surface area (Å²) in [5.41, 5.74) is 0.749. The van der Waals surface area contributed by atoms with Crippen LogP contribution in [0.25, 0.3) is 11.0 Å². The van der Waals surface area contributed by atoms with Gasteiger partial charge in [-0.3, -0.25) is 4.79 Å². The molecule has 0 amide bonds. The van der Waals surface area contributed by atoms with Crippen LogP contribution in [0, 0.1) is 6.92 Å². The maximum absolute atomic E-state index is 12.0. The van der Waals surface area contributed by atoms with Crippen LogP contribution in [0.4, 0.5) is 0 Å². The predicted octanol–water partition coefficient (Wildman–Crippen LogP) is 1.73. The zero-order valence-corrected chi connectivity index (χ0v) is 9.73. The molecule has 17 heavy (non-hydrogen) atoms. The van der Waals surface area contributed by atoms with E-state index >= 15 is 0 Å². The van der Waals surface area contributed by atoms with Crippen LogP contribution in [0.5, 0.6) is 5.75 Å². The van der Waals surface area contributed by atoms with Gasteiger partial charge >= 0.3 is 0 Å². The molecule has 0 fully saturated rings. The van der Waals surface area contributed by atoms with Crippen molar-refractivity contribution in [3.8, 4) is 5.75 Å². The summed E-state index contributed by atoms with van der Waals surface area (Å²) in [6.07, 6.45) is -0.559. The molecule has 0 saturated heterocycles. The van der Waals surface area contributed by atoms with Crippen LogP contribution in [0.2, 0.25) is 0 Å². The lowest BCUT2D eigenvalue weighted by Gasteiger charge is -2.08. The minimum Gasteiger partial charge on any atom is -0.502 e. The fourth-order valence-corrected chi connectivity index (χ4v) is 1.85. The Morgan fingerprint density at radius 1 is 1.41 bits per heavy atom. The van der Waals surface area contributed by atoms with E-state index in [2.05, 4.69) is 0 Å². The van der Waals surface area contributed by atoms with Crippen LogP contribution in [-0.2, 0) is 6.42 Å². The highest BCUT2D eigenvalue weighted by atomic mass is 16.4. The molecule has 1 aromatic heterocycles. The number of aryl methyl sites for hydroxylation is 1. The van der Waals surface area contributed by atoms with Crippen LogP contribution in [0.1, 0.15) is 18.2 Å². The molecular weight excluding hydrogens is 220 g/mol. The second kappa shape index (κ2) is 4.22. The fourth-order valence-electron chi connectivity index (χ4n) is 1.85. The third kappa shape index (κ3) is 2.03. The number of hydrogen-bond acceptors (Lipinski definition) is 4. The maximum atomic E-state index is 12.0. The van der Waals surface area contributed by atoms with E-state index in [0.717, 1.165) is 5.56 Å². The Labute approximate surface area is 98.1 Å². The minimum absolute atomic E-state index is 0.116. The molecule has 2 rings (SSSR count). The molecule has 1 atom stereocenters. The summed E-state index contributed by atoms with van der Waals surface area (Å²) in [7, 11) is 0. The van der Waals surface area contributed by atoms with E-state index in [1.165, 1.54) is 0 Å². The summed E-state index contributed by atoms with van der Waals surface area (Å²) in [6.45, 7) is 3.35. The molecule has 2 N–H and O–H groups in total. The fraction of sp³-hybridized carbons (Fsp3) is 0.308. The zero-order valence-electron chi connectivity index (χ0n) is 9.73. The summed E-state index contributed by atoms with van der Waals surface area (Å²) in [4.78, 5) is 12.0. The summed E-state index contributed by atoms with van der Waals surface area (Å²) in [5.74, 6) is -0.282. The van der Waals surface area contributed by atoms with Gasteiger partial charge in [0, 0.05) is 6.42 Å². The number of aliphatic hydroxyl groups is 1. The number of rotatable bonds is 2.